The van der Waals surface area contributed by atoms with Crippen molar-refractivity contribution in [1.29, 1.82) is 0 Å². The van der Waals surface area contributed by atoms with Gasteiger partial charge >= 0.3 is 0 Å². The summed E-state index contributed by atoms with van der Waals surface area (Å²) in [4.78, 5) is 28.3. The van der Waals surface area contributed by atoms with Crippen molar-refractivity contribution in [2.24, 2.45) is 0 Å². The van der Waals surface area contributed by atoms with Crippen LogP contribution >= 0.6 is 11.6 Å². The predicted molar refractivity (Wildman–Crippen MR) is 136 cm³/mol. The van der Waals surface area contributed by atoms with Gasteiger partial charge in [-0.2, -0.15) is 0 Å². The van der Waals surface area contributed by atoms with Gasteiger partial charge in [0.2, 0.25) is 5.91 Å². The third kappa shape index (κ3) is 7.63. The Morgan fingerprint density at radius 3 is 2.35 bits per heavy atom. The molecular formula is C28H31ClN2O3. The van der Waals surface area contributed by atoms with Crippen LogP contribution in [0.2, 0.25) is 5.02 Å². The lowest BCUT2D eigenvalue weighted by Crippen LogP contribution is -2.51. The summed E-state index contributed by atoms with van der Waals surface area (Å²) in [7, 11) is 0. The van der Waals surface area contributed by atoms with Crippen LogP contribution in [-0.2, 0) is 22.6 Å². The monoisotopic (exact) mass is 478 g/mol. The fourth-order valence-electron chi connectivity index (χ4n) is 3.61. The minimum Gasteiger partial charge on any atom is -0.484 e. The molecule has 0 aromatic heterocycles. The second kappa shape index (κ2) is 12.8. The van der Waals surface area contributed by atoms with Crippen LogP contribution in [0, 0.1) is 6.92 Å². The number of nitrogens with zero attached hydrogens (tertiary/aromatic N) is 1. The normalized spacial score (nSPS) is 11.5. The van der Waals surface area contributed by atoms with Crippen LogP contribution in [0.25, 0.3) is 0 Å². The van der Waals surface area contributed by atoms with Crippen molar-refractivity contribution in [3.63, 3.8) is 0 Å². The Bertz CT molecular complexity index is 1070. The first-order chi connectivity index (χ1) is 16.5. The van der Waals surface area contributed by atoms with Gasteiger partial charge in [-0.25, -0.2) is 0 Å². The summed E-state index contributed by atoms with van der Waals surface area (Å²) in [6.07, 6.45) is 1.20. The summed E-state index contributed by atoms with van der Waals surface area (Å²) >= 11 is 6.19. The molecule has 34 heavy (non-hydrogen) atoms. The van der Waals surface area contributed by atoms with Crippen LogP contribution in [0.1, 0.15) is 30.0 Å². The molecule has 0 bridgehead atoms. The smallest absolute Gasteiger partial charge is 0.261 e. The van der Waals surface area contributed by atoms with Gasteiger partial charge in [0.05, 0.1) is 0 Å². The highest BCUT2D eigenvalue weighted by Gasteiger charge is 2.30. The van der Waals surface area contributed by atoms with Crippen molar-refractivity contribution in [3.05, 3.63) is 101 Å². The number of rotatable bonds is 11. The largest absolute Gasteiger partial charge is 0.484 e. The summed E-state index contributed by atoms with van der Waals surface area (Å²) in [6, 6.07) is 23.9. The van der Waals surface area contributed by atoms with E-state index in [0.717, 1.165) is 23.1 Å². The van der Waals surface area contributed by atoms with Crippen molar-refractivity contribution in [1.82, 2.24) is 10.2 Å². The Labute approximate surface area is 206 Å². The van der Waals surface area contributed by atoms with Gasteiger partial charge in [-0.15, -0.1) is 0 Å². The zero-order valence-electron chi connectivity index (χ0n) is 19.7. The van der Waals surface area contributed by atoms with E-state index in [1.54, 1.807) is 11.0 Å². The van der Waals surface area contributed by atoms with E-state index in [1.807, 2.05) is 86.6 Å². The number of amides is 2. The molecule has 1 unspecified atom stereocenters. The Kier molecular flexibility index (Phi) is 9.53. The summed E-state index contributed by atoms with van der Waals surface area (Å²) < 4.78 is 5.78. The first-order valence-corrected chi connectivity index (χ1v) is 11.9. The molecule has 0 radical (unpaired) electrons. The zero-order chi connectivity index (χ0) is 24.3. The maximum atomic E-state index is 13.5. The Hall–Kier alpha value is -3.31. The molecule has 178 valence electrons. The quantitative estimate of drug-likeness (QED) is 0.412. The van der Waals surface area contributed by atoms with Crippen LogP contribution in [-0.4, -0.2) is 35.9 Å². The molecule has 0 fully saturated rings. The Morgan fingerprint density at radius 1 is 0.971 bits per heavy atom. The number of benzene rings is 3. The average Bonchev–Trinajstić information content (AvgIpc) is 2.85. The molecule has 0 spiro atoms. The van der Waals surface area contributed by atoms with Crippen molar-refractivity contribution in [2.45, 2.75) is 39.3 Å². The highest BCUT2D eigenvalue weighted by molar-refractivity contribution is 6.30. The average molecular weight is 479 g/mol. The number of nitrogens with one attached hydrogen (secondary N) is 1. The van der Waals surface area contributed by atoms with Crippen LogP contribution in [0.4, 0.5) is 0 Å². The van der Waals surface area contributed by atoms with E-state index in [2.05, 4.69) is 5.32 Å². The minimum absolute atomic E-state index is 0.171. The molecule has 6 heteroatoms. The van der Waals surface area contributed by atoms with Gasteiger partial charge in [-0.05, 0) is 48.7 Å². The van der Waals surface area contributed by atoms with E-state index in [-0.39, 0.29) is 25.0 Å². The van der Waals surface area contributed by atoms with Crippen LogP contribution < -0.4 is 10.1 Å². The van der Waals surface area contributed by atoms with Crippen molar-refractivity contribution in [2.75, 3.05) is 13.2 Å². The van der Waals surface area contributed by atoms with E-state index >= 15 is 0 Å². The first kappa shape index (κ1) is 25.3. The third-order valence-electron chi connectivity index (χ3n) is 5.45. The van der Waals surface area contributed by atoms with Gasteiger partial charge in [0, 0.05) is 24.5 Å². The predicted octanol–water partition coefficient (Wildman–Crippen LogP) is 5.19. The number of hydrogen-bond acceptors (Lipinski definition) is 3. The fourth-order valence-corrected chi connectivity index (χ4v) is 3.83. The molecular weight excluding hydrogens is 448 g/mol. The molecule has 0 aliphatic carbocycles. The second-order valence-corrected chi connectivity index (χ2v) is 8.69. The summed E-state index contributed by atoms with van der Waals surface area (Å²) in [5, 5.41) is 3.54. The van der Waals surface area contributed by atoms with E-state index in [1.165, 1.54) is 0 Å². The van der Waals surface area contributed by atoms with Crippen molar-refractivity contribution >= 4 is 23.4 Å². The number of carbonyl (C=O) groups excluding carboxylic acids is 2. The van der Waals surface area contributed by atoms with Gasteiger partial charge in [0.25, 0.3) is 5.91 Å². The van der Waals surface area contributed by atoms with Gasteiger partial charge in [0.15, 0.2) is 6.61 Å². The zero-order valence-corrected chi connectivity index (χ0v) is 20.4. The summed E-state index contributed by atoms with van der Waals surface area (Å²) in [5.74, 6) is 0.154. The second-order valence-electron chi connectivity index (χ2n) is 8.25. The first-order valence-electron chi connectivity index (χ1n) is 11.5. The molecule has 3 aromatic rings. The van der Waals surface area contributed by atoms with E-state index in [0.29, 0.717) is 23.7 Å². The number of aryl methyl sites for hydroxylation is 1. The highest BCUT2D eigenvalue weighted by atomic mass is 35.5. The maximum absolute atomic E-state index is 13.5. The lowest BCUT2D eigenvalue weighted by molar-refractivity contribution is -0.142. The molecule has 0 saturated carbocycles. The minimum atomic E-state index is -0.693. The number of hydrogen-bond donors (Lipinski definition) is 1. The molecule has 3 aromatic carbocycles. The fraction of sp³-hybridized carbons (Fsp3) is 0.286. The van der Waals surface area contributed by atoms with Gasteiger partial charge < -0.3 is 15.0 Å². The molecule has 0 aliphatic rings. The standard InChI is InChI=1S/C28H31ClN2O3/c1-3-16-30-28(33)26(18-22-8-5-4-6-9-22)31(19-23-10-7-11-24(29)17-23)27(32)20-34-25-14-12-21(2)13-15-25/h4-15,17,26H,3,16,18-20H2,1-2H3,(H,30,33). The lowest BCUT2D eigenvalue weighted by Gasteiger charge is -2.31. The van der Waals surface area contributed by atoms with Gasteiger partial charge in [-0.1, -0.05) is 78.7 Å². The maximum Gasteiger partial charge on any atom is 0.261 e. The topological polar surface area (TPSA) is 58.6 Å². The Balaban J connectivity index is 1.88. The molecule has 1 atom stereocenters. The van der Waals surface area contributed by atoms with Gasteiger partial charge in [-0.3, -0.25) is 9.59 Å². The molecule has 3 rings (SSSR count). The van der Waals surface area contributed by atoms with E-state index in [4.69, 9.17) is 16.3 Å². The van der Waals surface area contributed by atoms with Crippen LogP contribution in [0.15, 0.2) is 78.9 Å². The van der Waals surface area contributed by atoms with E-state index in [9.17, 15) is 9.59 Å². The van der Waals surface area contributed by atoms with Crippen molar-refractivity contribution in [3.8, 4) is 5.75 Å². The third-order valence-corrected chi connectivity index (χ3v) is 5.68. The SMILES string of the molecule is CCCNC(=O)C(Cc1ccccc1)N(Cc1cccc(Cl)c1)C(=O)COc1ccc(C)cc1. The molecule has 2 amide bonds. The molecule has 0 saturated heterocycles. The summed E-state index contributed by atoms with van der Waals surface area (Å²) in [6.45, 7) is 4.61. The molecule has 0 aliphatic heterocycles. The number of halogens is 1. The van der Waals surface area contributed by atoms with E-state index < -0.39 is 6.04 Å². The van der Waals surface area contributed by atoms with Crippen LogP contribution in [0.3, 0.4) is 0 Å². The van der Waals surface area contributed by atoms with Crippen molar-refractivity contribution < 1.29 is 14.3 Å². The number of ether oxygens (including phenoxy) is 1. The molecule has 1 N–H and O–H groups in total. The Morgan fingerprint density at radius 2 is 1.68 bits per heavy atom. The summed E-state index contributed by atoms with van der Waals surface area (Å²) in [5.41, 5.74) is 2.93. The highest BCUT2D eigenvalue weighted by Crippen LogP contribution is 2.18. The number of carbonyl (C=O) groups is 2. The van der Waals surface area contributed by atoms with Crippen LogP contribution in [0.5, 0.6) is 5.75 Å². The molecule has 5 nitrogen and oxygen atoms in total. The lowest BCUT2D eigenvalue weighted by atomic mass is 10.0. The van der Waals surface area contributed by atoms with Gasteiger partial charge in [0.1, 0.15) is 11.8 Å². The molecule has 0 heterocycles.